The number of carbonyl (C=O) groups is 2. The molecule has 0 aliphatic carbocycles. The maximum absolute atomic E-state index is 13.0. The number of rotatable bonds is 7. The highest BCUT2D eigenvalue weighted by Gasteiger charge is 2.22. The highest BCUT2D eigenvalue weighted by molar-refractivity contribution is 5.95. The van der Waals surface area contributed by atoms with E-state index in [4.69, 9.17) is 17.0 Å². The Bertz CT molecular complexity index is 1560. The third-order valence-corrected chi connectivity index (χ3v) is 6.91. The van der Waals surface area contributed by atoms with E-state index in [1.807, 2.05) is 55.5 Å². The number of hydrogen-bond acceptors (Lipinski definition) is 4. The quantitative estimate of drug-likeness (QED) is 0.300. The number of nitrogens with zero attached hydrogens (tertiary/aromatic N) is 2. The molecular weight excluding hydrogens is 488 g/mol. The topological polar surface area (TPSA) is 89.0 Å². The van der Waals surface area contributed by atoms with E-state index in [0.717, 1.165) is 27.9 Å². The maximum Gasteiger partial charge on any atom is 0.251 e. The second-order valence-electron chi connectivity index (χ2n) is 9.45. The first-order chi connectivity index (χ1) is 18.9. The monoisotopic (exact) mass is 516 g/mol. The Morgan fingerprint density at radius 2 is 1.72 bits per heavy atom. The van der Waals surface area contributed by atoms with Gasteiger partial charge in [-0.25, -0.2) is 4.85 Å². The number of hydrogen-bond donors (Lipinski definition) is 2. The van der Waals surface area contributed by atoms with Crippen molar-refractivity contribution in [1.82, 2.24) is 5.32 Å². The summed E-state index contributed by atoms with van der Waals surface area (Å²) in [6, 6.07) is 28.0. The van der Waals surface area contributed by atoms with Crippen LogP contribution in [0.25, 0.3) is 16.0 Å². The number of fused-ring (bicyclic) bond motifs is 1. The van der Waals surface area contributed by atoms with E-state index in [9.17, 15) is 9.59 Å². The van der Waals surface area contributed by atoms with Crippen molar-refractivity contribution < 1.29 is 14.3 Å². The van der Waals surface area contributed by atoms with Crippen LogP contribution in [0.5, 0.6) is 5.75 Å². The van der Waals surface area contributed by atoms with Gasteiger partial charge in [0.25, 0.3) is 5.91 Å². The third-order valence-electron chi connectivity index (χ3n) is 6.91. The molecule has 0 fully saturated rings. The van der Waals surface area contributed by atoms with Gasteiger partial charge in [0.15, 0.2) is 5.69 Å². The van der Waals surface area contributed by atoms with Crippen LogP contribution in [-0.4, -0.2) is 25.0 Å². The van der Waals surface area contributed by atoms with Gasteiger partial charge < -0.3 is 20.7 Å². The number of nitrogens with two attached hydrogens (primary N) is 1. The largest absolute Gasteiger partial charge is 0.490 e. The van der Waals surface area contributed by atoms with E-state index in [0.29, 0.717) is 42.3 Å². The summed E-state index contributed by atoms with van der Waals surface area (Å²) in [6.45, 7) is 10.9. The molecule has 1 aliphatic heterocycles. The molecule has 5 rings (SSSR count). The van der Waals surface area contributed by atoms with Gasteiger partial charge in [-0.05, 0) is 59.5 Å². The molecule has 1 heterocycles. The van der Waals surface area contributed by atoms with E-state index >= 15 is 0 Å². The molecule has 3 N–H and O–H groups in total. The fourth-order valence-corrected chi connectivity index (χ4v) is 4.74. The second kappa shape index (κ2) is 11.1. The molecule has 7 heteroatoms. The van der Waals surface area contributed by atoms with Crippen molar-refractivity contribution in [2.75, 3.05) is 18.1 Å². The first kappa shape index (κ1) is 25.6. The van der Waals surface area contributed by atoms with Crippen LogP contribution in [-0.2, 0) is 6.54 Å². The van der Waals surface area contributed by atoms with Crippen molar-refractivity contribution in [3.05, 3.63) is 125 Å². The van der Waals surface area contributed by atoms with Crippen LogP contribution in [0.1, 0.15) is 44.8 Å². The number of nitrogens with one attached hydrogen (secondary N) is 1. The molecule has 1 aliphatic rings. The number of primary amides is 1. The number of anilines is 1. The van der Waals surface area contributed by atoms with Crippen LogP contribution >= 0.6 is 0 Å². The van der Waals surface area contributed by atoms with Crippen molar-refractivity contribution in [2.45, 2.75) is 19.5 Å². The maximum atomic E-state index is 13.0. The van der Waals surface area contributed by atoms with E-state index in [-0.39, 0.29) is 11.9 Å². The van der Waals surface area contributed by atoms with Gasteiger partial charge in [-0.3, -0.25) is 9.59 Å². The SMILES string of the molecule is [C-]#[N+]c1ccc([C@H](C)NC(=O)c2ccc3c(c2)OCCN3Cc2ccccc2-c2ccc(C(N)=O)cc2)cc1. The smallest absolute Gasteiger partial charge is 0.251 e. The first-order valence-corrected chi connectivity index (χ1v) is 12.7. The molecule has 39 heavy (non-hydrogen) atoms. The molecule has 7 nitrogen and oxygen atoms in total. The fraction of sp³-hybridized carbons (Fsp3) is 0.156. The van der Waals surface area contributed by atoms with Gasteiger partial charge in [0.2, 0.25) is 5.91 Å². The van der Waals surface area contributed by atoms with E-state index < -0.39 is 5.91 Å². The molecule has 4 aromatic rings. The van der Waals surface area contributed by atoms with Gasteiger partial charge >= 0.3 is 0 Å². The lowest BCUT2D eigenvalue weighted by molar-refractivity contribution is 0.0938. The van der Waals surface area contributed by atoms with Gasteiger partial charge in [0.1, 0.15) is 12.4 Å². The van der Waals surface area contributed by atoms with E-state index in [2.05, 4.69) is 27.2 Å². The van der Waals surface area contributed by atoms with E-state index in [1.165, 1.54) is 0 Å². The van der Waals surface area contributed by atoms with Gasteiger partial charge in [0.05, 0.1) is 24.8 Å². The summed E-state index contributed by atoms with van der Waals surface area (Å²) in [5, 5.41) is 3.03. The number of amides is 2. The molecule has 0 bridgehead atoms. The summed E-state index contributed by atoms with van der Waals surface area (Å²) >= 11 is 0. The zero-order valence-electron chi connectivity index (χ0n) is 21.6. The van der Waals surface area contributed by atoms with Crippen molar-refractivity contribution in [3.8, 4) is 16.9 Å². The molecule has 0 radical (unpaired) electrons. The van der Waals surface area contributed by atoms with Gasteiger partial charge in [-0.15, -0.1) is 0 Å². The van der Waals surface area contributed by atoms with Crippen LogP contribution in [0.15, 0.2) is 91.0 Å². The standard InChI is InChI=1S/C32H28N4O3/c1-21(22-11-14-27(34-2)15-12-22)35-32(38)25-13-16-29-30(19-25)39-18-17-36(29)20-26-5-3-4-6-28(26)23-7-9-24(10-8-23)31(33)37/h3-16,19,21H,17-18,20H2,1H3,(H2,33,37)(H,35,38)/t21-/m0/s1. The molecule has 0 spiro atoms. The molecular formula is C32H28N4O3. The lowest BCUT2D eigenvalue weighted by Crippen LogP contribution is -2.33. The number of benzene rings is 4. The predicted octanol–water partition coefficient (Wildman–Crippen LogP) is 5.89. The highest BCUT2D eigenvalue weighted by Crippen LogP contribution is 2.35. The van der Waals surface area contributed by atoms with Crippen molar-refractivity contribution in [3.63, 3.8) is 0 Å². The van der Waals surface area contributed by atoms with Crippen molar-refractivity contribution in [2.24, 2.45) is 5.73 Å². The number of ether oxygens (including phenoxy) is 1. The average Bonchev–Trinajstić information content (AvgIpc) is 2.97. The molecule has 0 unspecified atom stereocenters. The average molecular weight is 517 g/mol. The Morgan fingerprint density at radius 3 is 2.44 bits per heavy atom. The van der Waals surface area contributed by atoms with Crippen LogP contribution in [0.4, 0.5) is 11.4 Å². The van der Waals surface area contributed by atoms with Crippen LogP contribution in [0, 0.1) is 6.57 Å². The molecule has 1 atom stereocenters. The van der Waals surface area contributed by atoms with Gasteiger partial charge in [-0.1, -0.05) is 60.7 Å². The molecule has 0 saturated carbocycles. The van der Waals surface area contributed by atoms with Crippen molar-refractivity contribution >= 4 is 23.2 Å². The number of carbonyl (C=O) groups excluding carboxylic acids is 2. The summed E-state index contributed by atoms with van der Waals surface area (Å²) in [6.07, 6.45) is 0. The Balaban J connectivity index is 1.33. The minimum Gasteiger partial charge on any atom is -0.490 e. The zero-order chi connectivity index (χ0) is 27.4. The molecule has 2 amide bonds. The van der Waals surface area contributed by atoms with Gasteiger partial charge in [-0.2, -0.15) is 0 Å². The molecule has 194 valence electrons. The van der Waals surface area contributed by atoms with Crippen molar-refractivity contribution in [1.29, 1.82) is 0 Å². The fourth-order valence-electron chi connectivity index (χ4n) is 4.74. The predicted molar refractivity (Wildman–Crippen MR) is 152 cm³/mol. The highest BCUT2D eigenvalue weighted by atomic mass is 16.5. The Hall–Kier alpha value is -5.09. The Labute approximate surface area is 227 Å². The zero-order valence-corrected chi connectivity index (χ0v) is 21.6. The molecule has 4 aromatic carbocycles. The summed E-state index contributed by atoms with van der Waals surface area (Å²) in [7, 11) is 0. The van der Waals surface area contributed by atoms with Gasteiger partial charge in [0, 0.05) is 17.7 Å². The van der Waals surface area contributed by atoms with E-state index in [1.54, 1.807) is 30.3 Å². The lowest BCUT2D eigenvalue weighted by atomic mass is 9.98. The van der Waals surface area contributed by atoms with Crippen LogP contribution < -0.4 is 20.7 Å². The third kappa shape index (κ3) is 5.60. The lowest BCUT2D eigenvalue weighted by Gasteiger charge is -2.32. The second-order valence-corrected chi connectivity index (χ2v) is 9.45. The Morgan fingerprint density at radius 1 is 1.00 bits per heavy atom. The minimum atomic E-state index is -0.447. The Kier molecular flexibility index (Phi) is 7.28. The van der Waals surface area contributed by atoms with Crippen LogP contribution in [0.3, 0.4) is 0 Å². The molecule has 0 aromatic heterocycles. The molecule has 0 saturated heterocycles. The summed E-state index contributed by atoms with van der Waals surface area (Å²) in [5.74, 6) is 0.0359. The summed E-state index contributed by atoms with van der Waals surface area (Å²) in [5.41, 5.74) is 12.1. The minimum absolute atomic E-state index is 0.190. The summed E-state index contributed by atoms with van der Waals surface area (Å²) < 4.78 is 5.95. The normalized spacial score (nSPS) is 13.0. The summed E-state index contributed by atoms with van der Waals surface area (Å²) in [4.78, 5) is 30.1. The van der Waals surface area contributed by atoms with Crippen LogP contribution in [0.2, 0.25) is 0 Å². The first-order valence-electron chi connectivity index (χ1n) is 12.7.